The average Bonchev–Trinajstić information content (AvgIpc) is 2.25. The molecule has 1 heterocycles. The maximum atomic E-state index is 11.2. The van der Waals surface area contributed by atoms with Gasteiger partial charge in [-0.2, -0.15) is 0 Å². The predicted molar refractivity (Wildman–Crippen MR) is 58.8 cm³/mol. The lowest BCUT2D eigenvalue weighted by molar-refractivity contribution is 0.147. The van der Waals surface area contributed by atoms with Gasteiger partial charge in [0, 0.05) is 0 Å². The van der Waals surface area contributed by atoms with Gasteiger partial charge in [0.15, 0.2) is 0 Å². The average molecular weight is 278 g/mol. The molecule has 0 aliphatic carbocycles. The summed E-state index contributed by atoms with van der Waals surface area (Å²) in [7, 11) is 0. The molecule has 0 amide bonds. The Bertz CT molecular complexity index is 389. The fraction of sp³-hybridized carbons (Fsp3) is 0.500. The van der Waals surface area contributed by atoms with Crippen LogP contribution >= 0.6 is 15.9 Å². The lowest BCUT2D eigenvalue weighted by atomic mass is 10.1. The van der Waals surface area contributed by atoms with E-state index in [0.29, 0.717) is 0 Å². The van der Waals surface area contributed by atoms with Gasteiger partial charge in [0.2, 0.25) is 0 Å². The highest BCUT2D eigenvalue weighted by Crippen LogP contribution is 2.18. The number of H-pyrrole nitrogens is 1. The van der Waals surface area contributed by atoms with Gasteiger partial charge in [-0.25, -0.2) is 4.98 Å². The molecule has 0 aliphatic heterocycles. The first-order valence-corrected chi connectivity index (χ1v) is 5.05. The van der Waals surface area contributed by atoms with Crippen LogP contribution in [0.2, 0.25) is 0 Å². The molecule has 1 rings (SSSR count). The first-order chi connectivity index (χ1) is 7.02. The van der Waals surface area contributed by atoms with Crippen molar-refractivity contribution in [2.75, 3.05) is 18.5 Å². The molecule has 6 nitrogen and oxygen atoms in total. The first kappa shape index (κ1) is 12.2. The molecule has 0 saturated carbocycles. The summed E-state index contributed by atoms with van der Waals surface area (Å²) in [5, 5.41) is 20.9. The molecule has 0 bridgehead atoms. The van der Waals surface area contributed by atoms with Crippen molar-refractivity contribution in [3.8, 4) is 0 Å². The number of hydrogen-bond donors (Lipinski definition) is 4. The van der Waals surface area contributed by atoms with E-state index in [1.807, 2.05) is 0 Å². The molecule has 4 N–H and O–H groups in total. The van der Waals surface area contributed by atoms with Gasteiger partial charge in [-0.1, -0.05) is 0 Å². The minimum Gasteiger partial charge on any atom is -0.394 e. The molecule has 0 aromatic carbocycles. The molecule has 0 aliphatic rings. The van der Waals surface area contributed by atoms with Crippen molar-refractivity contribution in [2.45, 2.75) is 12.5 Å². The van der Waals surface area contributed by atoms with Crippen LogP contribution in [0.3, 0.4) is 0 Å². The van der Waals surface area contributed by atoms with Crippen LogP contribution < -0.4 is 10.9 Å². The number of aliphatic hydroxyl groups excluding tert-OH is 2. The van der Waals surface area contributed by atoms with Gasteiger partial charge in [-0.3, -0.25) is 4.79 Å². The monoisotopic (exact) mass is 277 g/mol. The topological polar surface area (TPSA) is 98.2 Å². The van der Waals surface area contributed by atoms with E-state index < -0.39 is 5.54 Å². The fourth-order valence-electron chi connectivity index (χ4n) is 0.885. The molecule has 7 heteroatoms. The number of aromatic amines is 1. The quantitative estimate of drug-likeness (QED) is 0.605. The Labute approximate surface area is 94.5 Å². The van der Waals surface area contributed by atoms with Gasteiger partial charge >= 0.3 is 0 Å². The Hall–Kier alpha value is -0.920. The third kappa shape index (κ3) is 2.77. The van der Waals surface area contributed by atoms with Gasteiger partial charge < -0.3 is 20.5 Å². The highest BCUT2D eigenvalue weighted by molar-refractivity contribution is 9.10. The molecule has 0 radical (unpaired) electrons. The van der Waals surface area contributed by atoms with Crippen LogP contribution in [0.25, 0.3) is 0 Å². The number of aliphatic hydroxyl groups is 2. The zero-order valence-electron chi connectivity index (χ0n) is 8.12. The second-order valence-electron chi connectivity index (χ2n) is 3.40. The minimum absolute atomic E-state index is 0.234. The van der Waals surface area contributed by atoms with Crippen LogP contribution in [0.5, 0.6) is 0 Å². The second-order valence-corrected chi connectivity index (χ2v) is 4.19. The zero-order chi connectivity index (χ0) is 11.5. The number of anilines is 1. The van der Waals surface area contributed by atoms with E-state index in [1.54, 1.807) is 6.92 Å². The van der Waals surface area contributed by atoms with Gasteiger partial charge in [0.25, 0.3) is 5.56 Å². The van der Waals surface area contributed by atoms with Gasteiger partial charge in [-0.15, -0.1) is 0 Å². The van der Waals surface area contributed by atoms with Crippen molar-refractivity contribution in [1.82, 2.24) is 9.97 Å². The van der Waals surface area contributed by atoms with E-state index in [2.05, 4.69) is 31.2 Å². The van der Waals surface area contributed by atoms with E-state index in [0.717, 1.165) is 0 Å². The predicted octanol–water partition coefficient (Wildman–Crippen LogP) is -0.312. The number of nitrogens with one attached hydrogen (secondary N) is 2. The van der Waals surface area contributed by atoms with Crippen molar-refractivity contribution in [2.24, 2.45) is 0 Å². The van der Waals surface area contributed by atoms with Crippen LogP contribution in [0.4, 0.5) is 5.82 Å². The number of aromatic nitrogens is 2. The van der Waals surface area contributed by atoms with Gasteiger partial charge in [-0.05, 0) is 22.9 Å². The van der Waals surface area contributed by atoms with Crippen molar-refractivity contribution < 1.29 is 10.2 Å². The molecule has 0 atom stereocenters. The Kier molecular flexibility index (Phi) is 3.83. The number of halogens is 1. The largest absolute Gasteiger partial charge is 0.394 e. The maximum absolute atomic E-state index is 11.2. The van der Waals surface area contributed by atoms with E-state index in [9.17, 15) is 4.79 Å². The molecule has 0 saturated heterocycles. The molecular weight excluding hydrogens is 266 g/mol. The minimum atomic E-state index is -0.913. The highest BCUT2D eigenvalue weighted by Gasteiger charge is 2.23. The van der Waals surface area contributed by atoms with Crippen molar-refractivity contribution in [3.63, 3.8) is 0 Å². The van der Waals surface area contributed by atoms with Crippen LogP contribution in [0.1, 0.15) is 6.92 Å². The smallest absolute Gasteiger partial charge is 0.267 e. The zero-order valence-corrected chi connectivity index (χ0v) is 9.71. The summed E-state index contributed by atoms with van der Waals surface area (Å²) in [6.07, 6.45) is 1.24. The second kappa shape index (κ2) is 4.73. The standard InChI is InChI=1S/C8H12BrN3O3/c1-8(2-13,3-14)12-6-5(9)7(15)11-4-10-6/h4,13-14H,2-3H2,1H3,(H2,10,11,12,15). The van der Waals surface area contributed by atoms with Crippen LogP contribution in [0, 0.1) is 0 Å². The van der Waals surface area contributed by atoms with Crippen molar-refractivity contribution >= 4 is 21.7 Å². The number of rotatable bonds is 4. The number of nitrogens with zero attached hydrogens (tertiary/aromatic N) is 1. The molecule has 1 aromatic heterocycles. The third-order valence-electron chi connectivity index (χ3n) is 1.91. The first-order valence-electron chi connectivity index (χ1n) is 4.25. The molecular formula is C8H12BrN3O3. The van der Waals surface area contributed by atoms with Gasteiger partial charge in [0.05, 0.1) is 25.1 Å². The summed E-state index contributed by atoms with van der Waals surface area (Å²) in [5.41, 5.74) is -1.24. The van der Waals surface area contributed by atoms with E-state index >= 15 is 0 Å². The van der Waals surface area contributed by atoms with E-state index in [4.69, 9.17) is 10.2 Å². The Balaban J connectivity index is 2.99. The van der Waals surface area contributed by atoms with E-state index in [1.165, 1.54) is 6.33 Å². The third-order valence-corrected chi connectivity index (χ3v) is 2.65. The molecule has 0 spiro atoms. The summed E-state index contributed by atoms with van der Waals surface area (Å²) < 4.78 is 0.234. The lowest BCUT2D eigenvalue weighted by Crippen LogP contribution is -2.43. The fourth-order valence-corrected chi connectivity index (χ4v) is 1.20. The Morgan fingerprint density at radius 3 is 2.73 bits per heavy atom. The normalized spacial score (nSPS) is 11.5. The molecule has 15 heavy (non-hydrogen) atoms. The molecule has 1 aromatic rings. The van der Waals surface area contributed by atoms with E-state index in [-0.39, 0.29) is 29.1 Å². The summed E-state index contributed by atoms with van der Waals surface area (Å²) in [4.78, 5) is 17.5. The maximum Gasteiger partial charge on any atom is 0.267 e. The van der Waals surface area contributed by atoms with Gasteiger partial charge in [0.1, 0.15) is 10.3 Å². The molecule has 0 unspecified atom stereocenters. The summed E-state index contributed by atoms with van der Waals surface area (Å²) in [6.45, 7) is 1.07. The highest BCUT2D eigenvalue weighted by atomic mass is 79.9. The van der Waals surface area contributed by atoms with Crippen LogP contribution in [0.15, 0.2) is 15.6 Å². The summed E-state index contributed by atoms with van der Waals surface area (Å²) >= 11 is 3.06. The molecule has 84 valence electrons. The van der Waals surface area contributed by atoms with Crippen LogP contribution in [-0.2, 0) is 0 Å². The molecule has 0 fully saturated rings. The Morgan fingerprint density at radius 2 is 2.20 bits per heavy atom. The summed E-state index contributed by atoms with van der Waals surface area (Å²) in [5.74, 6) is 0.282. The van der Waals surface area contributed by atoms with Crippen molar-refractivity contribution in [1.29, 1.82) is 0 Å². The number of hydrogen-bond acceptors (Lipinski definition) is 5. The van der Waals surface area contributed by atoms with Crippen LogP contribution in [-0.4, -0.2) is 38.9 Å². The SMILES string of the molecule is CC(CO)(CO)Nc1nc[nH]c(=O)c1Br. The Morgan fingerprint density at radius 1 is 1.60 bits per heavy atom. The van der Waals surface area contributed by atoms with Crippen molar-refractivity contribution in [3.05, 3.63) is 21.2 Å². The summed E-state index contributed by atoms with van der Waals surface area (Å²) in [6, 6.07) is 0. The lowest BCUT2D eigenvalue weighted by Gasteiger charge is -2.26.